The molecule has 0 bridgehead atoms. The zero-order valence-electron chi connectivity index (χ0n) is 20.3. The number of nitrogens with zero attached hydrogens (tertiary/aromatic N) is 4. The van der Waals surface area contributed by atoms with Crippen LogP contribution in [0.1, 0.15) is 56.5 Å². The van der Waals surface area contributed by atoms with Gasteiger partial charge in [0, 0.05) is 50.5 Å². The molecule has 1 aromatic carbocycles. The fourth-order valence-electron chi connectivity index (χ4n) is 4.41. The van der Waals surface area contributed by atoms with Gasteiger partial charge in [0.2, 0.25) is 5.95 Å². The van der Waals surface area contributed by atoms with E-state index >= 15 is 0 Å². The van der Waals surface area contributed by atoms with Crippen molar-refractivity contribution in [1.82, 2.24) is 19.4 Å². The van der Waals surface area contributed by atoms with Crippen molar-refractivity contribution in [3.63, 3.8) is 0 Å². The molecule has 0 saturated carbocycles. The first-order valence-electron chi connectivity index (χ1n) is 11.9. The molecule has 0 amide bonds. The van der Waals surface area contributed by atoms with Gasteiger partial charge in [-0.2, -0.15) is 4.98 Å². The molecule has 1 fully saturated rings. The Balaban J connectivity index is 1.48. The van der Waals surface area contributed by atoms with E-state index in [2.05, 4.69) is 29.0 Å². The Morgan fingerprint density at radius 1 is 1.03 bits per heavy atom. The van der Waals surface area contributed by atoms with E-state index in [1.165, 1.54) is 0 Å². The molecule has 1 aliphatic heterocycles. The maximum absolute atomic E-state index is 13.4. The summed E-state index contributed by atoms with van der Waals surface area (Å²) >= 11 is 0. The van der Waals surface area contributed by atoms with Crippen molar-refractivity contribution in [3.8, 4) is 0 Å². The smallest absolute Gasteiger partial charge is 0.252 e. The van der Waals surface area contributed by atoms with E-state index in [0.717, 1.165) is 22.2 Å². The van der Waals surface area contributed by atoms with Crippen LogP contribution in [0.4, 0.5) is 14.7 Å². The molecule has 3 heterocycles. The van der Waals surface area contributed by atoms with Crippen molar-refractivity contribution in [1.29, 1.82) is 0 Å². The molecule has 34 heavy (non-hydrogen) atoms. The predicted molar refractivity (Wildman–Crippen MR) is 131 cm³/mol. The Morgan fingerprint density at radius 2 is 1.71 bits per heavy atom. The van der Waals surface area contributed by atoms with E-state index in [4.69, 9.17) is 4.98 Å². The lowest BCUT2D eigenvalue weighted by atomic mass is 10.0. The minimum atomic E-state index is -2.52. The molecule has 1 atom stereocenters. The molecule has 2 aromatic heterocycles. The fourth-order valence-corrected chi connectivity index (χ4v) is 4.41. The zero-order valence-corrected chi connectivity index (χ0v) is 20.3. The highest BCUT2D eigenvalue weighted by molar-refractivity contribution is 5.78. The van der Waals surface area contributed by atoms with Crippen molar-refractivity contribution in [3.05, 3.63) is 63.6 Å². The van der Waals surface area contributed by atoms with Crippen LogP contribution in [0, 0.1) is 12.8 Å². The van der Waals surface area contributed by atoms with Gasteiger partial charge in [-0.1, -0.05) is 38.1 Å². The molecule has 1 N–H and O–H groups in total. The molecule has 1 saturated heterocycles. The Labute approximate surface area is 199 Å². The highest BCUT2D eigenvalue weighted by Gasteiger charge is 2.33. The summed E-state index contributed by atoms with van der Waals surface area (Å²) in [6.45, 7) is 10.2. The van der Waals surface area contributed by atoms with Gasteiger partial charge in [0.1, 0.15) is 5.65 Å². The highest BCUT2D eigenvalue weighted by Crippen LogP contribution is 2.28. The van der Waals surface area contributed by atoms with Gasteiger partial charge in [-0.3, -0.25) is 14.3 Å². The number of hydrogen-bond donors (Lipinski definition) is 1. The first-order valence-corrected chi connectivity index (χ1v) is 11.9. The number of alkyl halides is 2. The van der Waals surface area contributed by atoms with Crippen molar-refractivity contribution >= 4 is 17.0 Å². The van der Waals surface area contributed by atoms with Gasteiger partial charge in [0.05, 0.1) is 11.7 Å². The van der Waals surface area contributed by atoms with E-state index in [9.17, 15) is 13.6 Å². The first kappa shape index (κ1) is 24.3. The molecule has 6 nitrogen and oxygen atoms in total. The number of likely N-dealkylation sites (tertiary alicyclic amines) is 1. The lowest BCUT2D eigenvalue weighted by Crippen LogP contribution is -2.38. The molecular formula is C26H33F2N5O. The third kappa shape index (κ3) is 5.60. The van der Waals surface area contributed by atoms with Crippen LogP contribution in [0.2, 0.25) is 0 Å². The second-order valence-electron chi connectivity index (χ2n) is 9.79. The van der Waals surface area contributed by atoms with Gasteiger partial charge in [0.15, 0.2) is 0 Å². The molecule has 4 rings (SSSR count). The largest absolute Gasteiger partial charge is 0.348 e. The van der Waals surface area contributed by atoms with E-state index < -0.39 is 5.92 Å². The molecule has 1 unspecified atom stereocenters. The van der Waals surface area contributed by atoms with Crippen molar-refractivity contribution < 1.29 is 8.78 Å². The summed E-state index contributed by atoms with van der Waals surface area (Å²) in [7, 11) is 0. The number of fused-ring (bicyclic) bond motifs is 1. The van der Waals surface area contributed by atoms with Crippen molar-refractivity contribution in [2.24, 2.45) is 5.92 Å². The SMILES string of the molecule is Cc1nc(NC(C)c2ccc(CN3CCC(F)(F)CC3)cc2)nc2c1ccc(=O)n2CC(C)C. The van der Waals surface area contributed by atoms with Crippen LogP contribution >= 0.6 is 0 Å². The average molecular weight is 470 g/mol. The number of rotatable bonds is 7. The highest BCUT2D eigenvalue weighted by atomic mass is 19.3. The molecule has 0 radical (unpaired) electrons. The van der Waals surface area contributed by atoms with Gasteiger partial charge in [-0.25, -0.2) is 13.8 Å². The zero-order chi connectivity index (χ0) is 24.5. The van der Waals surface area contributed by atoms with E-state index in [1.54, 1.807) is 16.7 Å². The van der Waals surface area contributed by atoms with Gasteiger partial charge < -0.3 is 5.32 Å². The molecular weight excluding hydrogens is 436 g/mol. The van der Waals surface area contributed by atoms with Crippen molar-refractivity contribution in [2.75, 3.05) is 18.4 Å². The Kier molecular flexibility index (Phi) is 6.98. The molecule has 0 spiro atoms. The molecule has 1 aliphatic rings. The Morgan fingerprint density at radius 3 is 2.35 bits per heavy atom. The van der Waals surface area contributed by atoms with Crippen LogP contribution in [0.25, 0.3) is 11.0 Å². The number of pyridine rings is 1. The van der Waals surface area contributed by atoms with Crippen LogP contribution in [-0.4, -0.2) is 38.4 Å². The third-order valence-corrected chi connectivity index (χ3v) is 6.40. The van der Waals surface area contributed by atoms with Crippen LogP contribution in [0.5, 0.6) is 0 Å². The average Bonchev–Trinajstić information content (AvgIpc) is 2.77. The van der Waals surface area contributed by atoms with Crippen LogP contribution < -0.4 is 10.9 Å². The number of halogens is 2. The number of aromatic nitrogens is 3. The molecule has 0 aliphatic carbocycles. The molecule has 3 aromatic rings. The maximum atomic E-state index is 13.4. The summed E-state index contributed by atoms with van der Waals surface area (Å²) in [5, 5.41) is 4.24. The van der Waals surface area contributed by atoms with E-state index in [1.807, 2.05) is 38.1 Å². The third-order valence-electron chi connectivity index (χ3n) is 6.40. The second kappa shape index (κ2) is 9.78. The summed E-state index contributed by atoms with van der Waals surface area (Å²) in [5.41, 5.74) is 3.58. The molecule has 8 heteroatoms. The number of aryl methyl sites for hydroxylation is 1. The lowest BCUT2D eigenvalue weighted by Gasteiger charge is -2.31. The number of piperidine rings is 1. The Bertz CT molecular complexity index is 1200. The number of benzene rings is 1. The standard InChI is InChI=1S/C26H33F2N5O/c1-17(2)15-33-23(34)10-9-22-19(4)30-25(31-24(22)33)29-18(3)21-7-5-20(6-8-21)16-32-13-11-26(27,28)12-14-32/h5-10,17-18H,11-16H2,1-4H3,(H,29,30,31). The lowest BCUT2D eigenvalue weighted by molar-refractivity contribution is -0.0566. The van der Waals surface area contributed by atoms with E-state index in [0.29, 0.717) is 43.7 Å². The van der Waals surface area contributed by atoms with Crippen LogP contribution in [0.15, 0.2) is 41.2 Å². The summed E-state index contributed by atoms with van der Waals surface area (Å²) in [6, 6.07) is 11.5. The van der Waals surface area contributed by atoms with E-state index in [-0.39, 0.29) is 24.4 Å². The van der Waals surface area contributed by atoms with Gasteiger partial charge in [-0.15, -0.1) is 0 Å². The quantitative estimate of drug-likeness (QED) is 0.518. The summed E-state index contributed by atoms with van der Waals surface area (Å²) in [4.78, 5) is 23.9. The maximum Gasteiger partial charge on any atom is 0.252 e. The topological polar surface area (TPSA) is 63.1 Å². The monoisotopic (exact) mass is 469 g/mol. The summed E-state index contributed by atoms with van der Waals surface area (Å²) < 4.78 is 28.5. The molecule has 182 valence electrons. The van der Waals surface area contributed by atoms with Crippen LogP contribution in [-0.2, 0) is 13.1 Å². The fraction of sp³-hybridized carbons (Fsp3) is 0.500. The minimum absolute atomic E-state index is 0.0476. The summed E-state index contributed by atoms with van der Waals surface area (Å²) in [5.74, 6) is -1.72. The van der Waals surface area contributed by atoms with Crippen LogP contribution in [0.3, 0.4) is 0 Å². The number of nitrogens with one attached hydrogen (secondary N) is 1. The second-order valence-corrected chi connectivity index (χ2v) is 9.79. The van der Waals surface area contributed by atoms with Crippen molar-refractivity contribution in [2.45, 2.75) is 65.6 Å². The number of hydrogen-bond acceptors (Lipinski definition) is 5. The predicted octanol–water partition coefficient (Wildman–Crippen LogP) is 5.16. The minimum Gasteiger partial charge on any atom is -0.348 e. The normalized spacial score (nSPS) is 17.3. The summed E-state index contributed by atoms with van der Waals surface area (Å²) in [6.07, 6.45) is -0.134. The Hall–Kier alpha value is -2.87. The van der Waals surface area contributed by atoms with Gasteiger partial charge >= 0.3 is 0 Å². The van der Waals surface area contributed by atoms with Gasteiger partial charge in [-0.05, 0) is 37.0 Å². The van der Waals surface area contributed by atoms with Gasteiger partial charge in [0.25, 0.3) is 11.5 Å². The number of anilines is 1. The first-order chi connectivity index (χ1) is 16.1.